The fourth-order valence-corrected chi connectivity index (χ4v) is 3.76. The fourth-order valence-electron chi connectivity index (χ4n) is 3.51. The standard InChI is InChI=1S/C22H25N3O3S/c1-12-8-6-10-16(13(12)2)24-21(26)18-14(3)23-22(29)25-19(18)15-9-7-11-17(27-4)20(15)28-5/h6-11,18-19H,3H2,1-2,4-5H3,(H,24,26)(H2,23,25,29)/t18-,19+/m0/s1. The van der Waals surface area contributed by atoms with Crippen LogP contribution in [0.2, 0.25) is 0 Å². The molecule has 3 rings (SSSR count). The maximum absolute atomic E-state index is 13.3. The third-order valence-corrected chi connectivity index (χ3v) is 5.40. The Kier molecular flexibility index (Phi) is 6.08. The molecule has 152 valence electrons. The van der Waals surface area contributed by atoms with Gasteiger partial charge in [0.15, 0.2) is 16.6 Å². The summed E-state index contributed by atoms with van der Waals surface area (Å²) in [6, 6.07) is 10.9. The van der Waals surface area contributed by atoms with Gasteiger partial charge in [0, 0.05) is 16.9 Å². The van der Waals surface area contributed by atoms with Crippen molar-refractivity contribution in [2.24, 2.45) is 5.92 Å². The van der Waals surface area contributed by atoms with Gasteiger partial charge in [-0.3, -0.25) is 4.79 Å². The maximum atomic E-state index is 13.3. The van der Waals surface area contributed by atoms with Crippen molar-refractivity contribution in [2.45, 2.75) is 19.9 Å². The number of rotatable bonds is 5. The largest absolute Gasteiger partial charge is 0.493 e. The van der Waals surface area contributed by atoms with Crippen molar-refractivity contribution in [3.8, 4) is 11.5 Å². The highest BCUT2D eigenvalue weighted by Crippen LogP contribution is 2.40. The molecule has 1 fully saturated rings. The second-order valence-electron chi connectivity index (χ2n) is 6.90. The van der Waals surface area contributed by atoms with E-state index in [1.54, 1.807) is 14.2 Å². The average molecular weight is 412 g/mol. The van der Waals surface area contributed by atoms with Crippen LogP contribution in [0.3, 0.4) is 0 Å². The van der Waals surface area contributed by atoms with Gasteiger partial charge in [0.2, 0.25) is 5.91 Å². The number of hydrogen-bond acceptors (Lipinski definition) is 4. The number of ether oxygens (including phenoxy) is 2. The third-order valence-electron chi connectivity index (χ3n) is 5.18. The van der Waals surface area contributed by atoms with Crippen LogP contribution in [-0.4, -0.2) is 25.2 Å². The molecule has 2 atom stereocenters. The van der Waals surface area contributed by atoms with E-state index in [9.17, 15) is 4.79 Å². The molecule has 0 aliphatic carbocycles. The Morgan fingerprint density at radius 2 is 1.86 bits per heavy atom. The van der Waals surface area contributed by atoms with E-state index in [4.69, 9.17) is 21.7 Å². The first-order chi connectivity index (χ1) is 13.9. The molecule has 29 heavy (non-hydrogen) atoms. The van der Waals surface area contributed by atoms with Crippen molar-refractivity contribution in [1.29, 1.82) is 0 Å². The minimum Gasteiger partial charge on any atom is -0.493 e. The molecule has 7 heteroatoms. The zero-order valence-electron chi connectivity index (χ0n) is 17.0. The Bertz CT molecular complexity index is 974. The van der Waals surface area contributed by atoms with Gasteiger partial charge in [0.25, 0.3) is 0 Å². The molecule has 0 unspecified atom stereocenters. The van der Waals surface area contributed by atoms with Crippen molar-refractivity contribution in [3.63, 3.8) is 0 Å². The second kappa shape index (κ2) is 8.53. The maximum Gasteiger partial charge on any atom is 0.235 e. The number of aryl methyl sites for hydroxylation is 1. The van der Waals surface area contributed by atoms with Crippen molar-refractivity contribution < 1.29 is 14.3 Å². The summed E-state index contributed by atoms with van der Waals surface area (Å²) in [6.07, 6.45) is 0. The van der Waals surface area contributed by atoms with Crippen LogP contribution in [0.1, 0.15) is 22.7 Å². The van der Waals surface area contributed by atoms with E-state index in [-0.39, 0.29) is 5.91 Å². The lowest BCUT2D eigenvalue weighted by molar-refractivity contribution is -0.119. The van der Waals surface area contributed by atoms with Crippen LogP contribution < -0.4 is 25.4 Å². The van der Waals surface area contributed by atoms with E-state index in [1.807, 2.05) is 50.2 Å². The van der Waals surface area contributed by atoms with Crippen LogP contribution in [0.15, 0.2) is 48.7 Å². The highest BCUT2D eigenvalue weighted by molar-refractivity contribution is 7.80. The van der Waals surface area contributed by atoms with Crippen molar-refractivity contribution >= 4 is 28.9 Å². The van der Waals surface area contributed by atoms with Crippen LogP contribution in [0.5, 0.6) is 11.5 Å². The second-order valence-corrected chi connectivity index (χ2v) is 7.31. The smallest absolute Gasteiger partial charge is 0.235 e. The molecule has 0 spiro atoms. The van der Waals surface area contributed by atoms with Gasteiger partial charge in [0.05, 0.1) is 20.3 Å². The number of nitrogens with one attached hydrogen (secondary N) is 3. The molecular weight excluding hydrogens is 386 g/mol. The van der Waals surface area contributed by atoms with E-state index < -0.39 is 12.0 Å². The Labute approximate surface area is 176 Å². The Morgan fingerprint density at radius 3 is 2.55 bits per heavy atom. The highest BCUT2D eigenvalue weighted by Gasteiger charge is 2.38. The summed E-state index contributed by atoms with van der Waals surface area (Å²) in [5.74, 6) is 0.314. The summed E-state index contributed by atoms with van der Waals surface area (Å²) in [6.45, 7) is 8.04. The first-order valence-corrected chi connectivity index (χ1v) is 9.62. The molecule has 0 saturated carbocycles. The van der Waals surface area contributed by atoms with Crippen LogP contribution in [0.4, 0.5) is 5.69 Å². The Balaban J connectivity index is 2.01. The number of benzene rings is 2. The molecule has 6 nitrogen and oxygen atoms in total. The first kappa shape index (κ1) is 20.7. The van der Waals surface area contributed by atoms with Gasteiger partial charge in [-0.25, -0.2) is 0 Å². The van der Waals surface area contributed by atoms with Gasteiger partial charge in [0.1, 0.15) is 5.92 Å². The molecule has 1 aliphatic heterocycles. The fraction of sp³-hybridized carbons (Fsp3) is 0.273. The van der Waals surface area contributed by atoms with E-state index in [0.717, 1.165) is 22.4 Å². The average Bonchev–Trinajstić information content (AvgIpc) is 2.69. The zero-order chi connectivity index (χ0) is 21.1. The first-order valence-electron chi connectivity index (χ1n) is 9.21. The summed E-state index contributed by atoms with van der Waals surface area (Å²) in [5, 5.41) is 9.62. The quantitative estimate of drug-likeness (QED) is 0.653. The van der Waals surface area contributed by atoms with Gasteiger partial charge in [-0.2, -0.15) is 0 Å². The molecule has 0 radical (unpaired) electrons. The van der Waals surface area contributed by atoms with Gasteiger partial charge < -0.3 is 25.4 Å². The molecule has 0 aromatic heterocycles. The van der Waals surface area contributed by atoms with Crippen LogP contribution in [0, 0.1) is 19.8 Å². The minimum absolute atomic E-state index is 0.193. The van der Waals surface area contributed by atoms with Crippen LogP contribution in [-0.2, 0) is 4.79 Å². The van der Waals surface area contributed by atoms with Gasteiger partial charge in [-0.15, -0.1) is 0 Å². The molecule has 1 heterocycles. The van der Waals surface area contributed by atoms with E-state index in [0.29, 0.717) is 22.3 Å². The number of para-hydroxylation sites is 1. The molecule has 3 N–H and O–H groups in total. The Hall–Kier alpha value is -3.06. The number of thiocarbonyl (C=S) groups is 1. The SMILES string of the molecule is C=C1NC(=S)N[C@H](c2cccc(OC)c2OC)[C@H]1C(=O)Nc1cccc(C)c1C. The molecule has 1 amide bonds. The summed E-state index contributed by atoms with van der Waals surface area (Å²) in [4.78, 5) is 13.3. The summed E-state index contributed by atoms with van der Waals surface area (Å²) >= 11 is 5.32. The number of methoxy groups -OCH3 is 2. The van der Waals surface area contributed by atoms with E-state index in [1.165, 1.54) is 0 Å². The number of carbonyl (C=O) groups excluding carboxylic acids is 1. The highest BCUT2D eigenvalue weighted by atomic mass is 32.1. The van der Waals surface area contributed by atoms with Crippen molar-refractivity contribution in [1.82, 2.24) is 10.6 Å². The number of amides is 1. The summed E-state index contributed by atoms with van der Waals surface area (Å²) in [7, 11) is 3.15. The predicted octanol–water partition coefficient (Wildman–Crippen LogP) is 3.61. The van der Waals surface area contributed by atoms with Gasteiger partial charge in [-0.05, 0) is 49.3 Å². The Morgan fingerprint density at radius 1 is 1.14 bits per heavy atom. The lowest BCUT2D eigenvalue weighted by Crippen LogP contribution is -2.51. The molecule has 1 aliphatic rings. The number of anilines is 1. The van der Waals surface area contributed by atoms with E-state index in [2.05, 4.69) is 22.5 Å². The lowest BCUT2D eigenvalue weighted by atomic mass is 9.87. The minimum atomic E-state index is -0.623. The predicted molar refractivity (Wildman–Crippen MR) is 118 cm³/mol. The van der Waals surface area contributed by atoms with Gasteiger partial charge in [-0.1, -0.05) is 30.8 Å². The molecule has 2 aromatic rings. The zero-order valence-corrected chi connectivity index (χ0v) is 17.8. The van der Waals surface area contributed by atoms with Crippen molar-refractivity contribution in [3.05, 3.63) is 65.4 Å². The molecule has 0 bridgehead atoms. The number of carbonyl (C=O) groups is 1. The molecule has 2 aromatic carbocycles. The third kappa shape index (κ3) is 4.05. The monoisotopic (exact) mass is 411 g/mol. The van der Waals surface area contributed by atoms with Gasteiger partial charge >= 0.3 is 0 Å². The topological polar surface area (TPSA) is 71.6 Å². The normalized spacial score (nSPS) is 18.5. The molecule has 1 saturated heterocycles. The summed E-state index contributed by atoms with van der Waals surface area (Å²) < 4.78 is 11.0. The lowest BCUT2D eigenvalue weighted by Gasteiger charge is -2.36. The molecular formula is C22H25N3O3S. The summed E-state index contributed by atoms with van der Waals surface area (Å²) in [5.41, 5.74) is 4.18. The van der Waals surface area contributed by atoms with Crippen molar-refractivity contribution in [2.75, 3.05) is 19.5 Å². The number of hydrogen-bond donors (Lipinski definition) is 3. The van der Waals surface area contributed by atoms with E-state index >= 15 is 0 Å². The van der Waals surface area contributed by atoms with Crippen LogP contribution >= 0.6 is 12.2 Å². The van der Waals surface area contributed by atoms with Crippen LogP contribution in [0.25, 0.3) is 0 Å².